The third-order valence-corrected chi connectivity index (χ3v) is 5.97. The van der Waals surface area contributed by atoms with Gasteiger partial charge in [-0.25, -0.2) is 0 Å². The first-order valence-electron chi connectivity index (χ1n) is 9.90. The minimum absolute atomic E-state index is 0.0390. The van der Waals surface area contributed by atoms with Gasteiger partial charge < -0.3 is 4.74 Å². The number of Topliss-reactive ketones (excluding diaryl/α,β-unsaturated/α-hetero) is 1. The number of hydrogen-bond donors (Lipinski definition) is 0. The van der Waals surface area contributed by atoms with Gasteiger partial charge in [-0.05, 0) is 48.7 Å². The summed E-state index contributed by atoms with van der Waals surface area (Å²) in [7, 11) is 0. The Bertz CT molecular complexity index is 631. The van der Waals surface area contributed by atoms with E-state index in [9.17, 15) is 4.79 Å². The number of carbonyl (C=O) groups excluding carboxylic acids is 1. The van der Waals surface area contributed by atoms with Crippen LogP contribution in [0.1, 0.15) is 52.5 Å². The average Bonchev–Trinajstić information content (AvgIpc) is 2.90. The Hall–Kier alpha value is -1.67. The number of benzene rings is 1. The Labute approximate surface area is 159 Å². The zero-order chi connectivity index (χ0) is 19.3. The summed E-state index contributed by atoms with van der Waals surface area (Å²) >= 11 is 0. The van der Waals surface area contributed by atoms with Crippen molar-refractivity contribution in [3.8, 4) is 0 Å². The van der Waals surface area contributed by atoms with E-state index in [1.807, 2.05) is 13.0 Å². The molecular weight excluding hydrogens is 320 g/mol. The van der Waals surface area contributed by atoms with Crippen LogP contribution in [0.4, 0.5) is 0 Å². The molecule has 26 heavy (non-hydrogen) atoms. The lowest BCUT2D eigenvalue weighted by molar-refractivity contribution is -0.118. The van der Waals surface area contributed by atoms with Gasteiger partial charge in [0.25, 0.3) is 0 Å². The molecule has 0 bridgehead atoms. The van der Waals surface area contributed by atoms with Gasteiger partial charge in [0.15, 0.2) is 5.78 Å². The van der Waals surface area contributed by atoms with Gasteiger partial charge in [0.2, 0.25) is 0 Å². The molecule has 0 amide bonds. The van der Waals surface area contributed by atoms with Crippen LogP contribution in [-0.4, -0.2) is 18.0 Å². The van der Waals surface area contributed by atoms with Gasteiger partial charge in [-0.3, -0.25) is 4.79 Å². The number of hydrogen-bond acceptors (Lipinski definition) is 2. The second kappa shape index (κ2) is 9.32. The molecule has 0 saturated carbocycles. The van der Waals surface area contributed by atoms with Crippen molar-refractivity contribution in [3.05, 3.63) is 60.2 Å². The molecule has 0 aliphatic carbocycles. The van der Waals surface area contributed by atoms with Crippen molar-refractivity contribution >= 4 is 5.78 Å². The number of rotatable bonds is 9. The van der Waals surface area contributed by atoms with Crippen molar-refractivity contribution < 1.29 is 9.53 Å². The fourth-order valence-electron chi connectivity index (χ4n) is 3.84. The van der Waals surface area contributed by atoms with E-state index in [0.29, 0.717) is 29.7 Å². The third-order valence-electron chi connectivity index (χ3n) is 5.97. The number of ketones is 1. The van der Waals surface area contributed by atoms with Gasteiger partial charge in [-0.1, -0.05) is 70.7 Å². The molecule has 2 nitrogen and oxygen atoms in total. The molecule has 1 aliphatic heterocycles. The van der Waals surface area contributed by atoms with Crippen LogP contribution in [0.2, 0.25) is 0 Å². The van der Waals surface area contributed by atoms with E-state index in [2.05, 4.69) is 58.2 Å². The maximum absolute atomic E-state index is 12.6. The van der Waals surface area contributed by atoms with E-state index in [4.69, 9.17) is 4.74 Å². The maximum Gasteiger partial charge on any atom is 0.165 e. The quantitative estimate of drug-likeness (QED) is 0.415. The predicted octanol–water partition coefficient (Wildman–Crippen LogP) is 5.78. The fourth-order valence-corrected chi connectivity index (χ4v) is 3.84. The van der Waals surface area contributed by atoms with Crippen LogP contribution in [0.15, 0.2) is 54.6 Å². The van der Waals surface area contributed by atoms with Crippen molar-refractivity contribution in [1.29, 1.82) is 0 Å². The summed E-state index contributed by atoms with van der Waals surface area (Å²) in [5.74, 6) is 1.50. The molecule has 2 rings (SSSR count). The molecule has 1 saturated heterocycles. The van der Waals surface area contributed by atoms with Crippen LogP contribution in [0.25, 0.3) is 0 Å². The fraction of sp³-hybridized carbons (Fsp3) is 0.542. The third kappa shape index (κ3) is 5.17. The van der Waals surface area contributed by atoms with Gasteiger partial charge in [-0.2, -0.15) is 0 Å². The molecule has 1 aliphatic rings. The van der Waals surface area contributed by atoms with E-state index < -0.39 is 0 Å². The smallest absolute Gasteiger partial charge is 0.165 e. The number of ether oxygens (including phenoxy) is 1. The second-order valence-electron chi connectivity index (χ2n) is 8.06. The second-order valence-corrected chi connectivity index (χ2v) is 8.06. The Kier molecular flexibility index (Phi) is 7.40. The molecule has 1 aromatic carbocycles. The first-order valence-corrected chi connectivity index (χ1v) is 9.90. The molecule has 5 atom stereocenters. The van der Waals surface area contributed by atoms with Crippen molar-refractivity contribution in [3.63, 3.8) is 0 Å². The van der Waals surface area contributed by atoms with Crippen molar-refractivity contribution in [2.45, 2.75) is 65.6 Å². The topological polar surface area (TPSA) is 26.3 Å². The molecule has 0 unspecified atom stereocenters. The summed E-state index contributed by atoms with van der Waals surface area (Å²) in [5.41, 5.74) is 2.59. The Morgan fingerprint density at radius 1 is 1.19 bits per heavy atom. The zero-order valence-corrected chi connectivity index (χ0v) is 16.8. The highest BCUT2D eigenvalue weighted by Gasteiger charge is 2.42. The molecule has 142 valence electrons. The molecule has 0 radical (unpaired) electrons. The largest absolute Gasteiger partial charge is 0.374 e. The standard InChI is InChI=1S/C24H34O2/c1-7-17(4)13-23-19(6)21(14-20-11-9-8-10-12-20)24(26-23)15-22(25)18(5)16(2)3/h8-12,17,19,21,23-24H,2,5,7,13-15H2,1,3-4,6H3/t17-,19-,21-,23-,24+/m1/s1. The summed E-state index contributed by atoms with van der Waals surface area (Å²) in [6, 6.07) is 10.5. The van der Waals surface area contributed by atoms with Gasteiger partial charge in [-0.15, -0.1) is 0 Å². The zero-order valence-electron chi connectivity index (χ0n) is 16.8. The lowest BCUT2D eigenvalue weighted by Gasteiger charge is -2.22. The normalized spacial score (nSPS) is 26.5. The van der Waals surface area contributed by atoms with E-state index in [0.717, 1.165) is 24.8 Å². The average molecular weight is 355 g/mol. The summed E-state index contributed by atoms with van der Waals surface area (Å²) < 4.78 is 6.44. The van der Waals surface area contributed by atoms with Gasteiger partial charge >= 0.3 is 0 Å². The van der Waals surface area contributed by atoms with Gasteiger partial charge in [0.05, 0.1) is 12.2 Å². The predicted molar refractivity (Wildman–Crippen MR) is 109 cm³/mol. The molecule has 0 N–H and O–H groups in total. The monoisotopic (exact) mass is 354 g/mol. The lowest BCUT2D eigenvalue weighted by Crippen LogP contribution is -2.25. The van der Waals surface area contributed by atoms with Crippen LogP contribution in [-0.2, 0) is 16.0 Å². The molecule has 2 heteroatoms. The summed E-state index contributed by atoms with van der Waals surface area (Å²) in [6.45, 7) is 16.4. The van der Waals surface area contributed by atoms with Crippen LogP contribution in [0.3, 0.4) is 0 Å². The first kappa shape index (κ1) is 20.6. The number of allylic oxidation sites excluding steroid dienone is 2. The molecule has 1 aromatic rings. The summed E-state index contributed by atoms with van der Waals surface area (Å²) in [5, 5.41) is 0. The van der Waals surface area contributed by atoms with E-state index >= 15 is 0 Å². The molecule has 1 fully saturated rings. The van der Waals surface area contributed by atoms with Crippen LogP contribution < -0.4 is 0 Å². The Morgan fingerprint density at radius 2 is 1.85 bits per heavy atom. The van der Waals surface area contributed by atoms with Crippen LogP contribution >= 0.6 is 0 Å². The Morgan fingerprint density at radius 3 is 2.42 bits per heavy atom. The van der Waals surface area contributed by atoms with Crippen molar-refractivity contribution in [2.75, 3.05) is 0 Å². The lowest BCUT2D eigenvalue weighted by atomic mass is 9.80. The molecular formula is C24H34O2. The SMILES string of the molecule is C=C(C)C(=C)C(=O)C[C@@H]1O[C@H](C[C@H](C)CC)[C@H](C)[C@H]1Cc1ccccc1. The highest BCUT2D eigenvalue weighted by Crippen LogP contribution is 2.40. The minimum atomic E-state index is -0.0390. The molecule has 1 heterocycles. The highest BCUT2D eigenvalue weighted by molar-refractivity contribution is 5.98. The molecule has 0 aromatic heterocycles. The Balaban J connectivity index is 2.16. The molecule has 0 spiro atoms. The van der Waals surface area contributed by atoms with Crippen LogP contribution in [0, 0.1) is 17.8 Å². The number of carbonyl (C=O) groups is 1. The first-order chi connectivity index (χ1) is 12.3. The van der Waals surface area contributed by atoms with Crippen LogP contribution in [0.5, 0.6) is 0 Å². The highest BCUT2D eigenvalue weighted by atomic mass is 16.5. The minimum Gasteiger partial charge on any atom is -0.374 e. The maximum atomic E-state index is 12.6. The summed E-state index contributed by atoms with van der Waals surface area (Å²) in [6.07, 6.45) is 3.78. The van der Waals surface area contributed by atoms with E-state index in [1.165, 1.54) is 5.56 Å². The van der Waals surface area contributed by atoms with E-state index in [1.54, 1.807) is 0 Å². The van der Waals surface area contributed by atoms with Gasteiger partial charge in [0, 0.05) is 12.0 Å². The van der Waals surface area contributed by atoms with Crippen molar-refractivity contribution in [2.24, 2.45) is 17.8 Å². The van der Waals surface area contributed by atoms with Crippen molar-refractivity contribution in [1.82, 2.24) is 0 Å². The van der Waals surface area contributed by atoms with Gasteiger partial charge in [0.1, 0.15) is 0 Å². The summed E-state index contributed by atoms with van der Waals surface area (Å²) in [4.78, 5) is 12.6. The van der Waals surface area contributed by atoms with E-state index in [-0.39, 0.29) is 18.0 Å².